The highest BCUT2D eigenvalue weighted by atomic mass is 19.4. The molecule has 0 radical (unpaired) electrons. The average Bonchev–Trinajstić information content (AvgIpc) is 2.86. The molecule has 20 heavy (non-hydrogen) atoms. The fraction of sp³-hybridized carbons (Fsp3) is 0.357. The third-order valence-electron chi connectivity index (χ3n) is 2.98. The third kappa shape index (κ3) is 3.01. The summed E-state index contributed by atoms with van der Waals surface area (Å²) in [7, 11) is 0. The maximum Gasteiger partial charge on any atom is 0.416 e. The molecule has 0 spiro atoms. The molecular formula is C14H15F3N2O. The van der Waals surface area contributed by atoms with Gasteiger partial charge in [-0.05, 0) is 18.1 Å². The average molecular weight is 284 g/mol. The van der Waals surface area contributed by atoms with E-state index < -0.39 is 17.8 Å². The Kier molecular flexibility index (Phi) is 4.13. The van der Waals surface area contributed by atoms with Crippen LogP contribution in [-0.2, 0) is 12.7 Å². The number of halogens is 3. The normalized spacial score (nSPS) is 13.4. The van der Waals surface area contributed by atoms with Gasteiger partial charge in [-0.25, -0.2) is 0 Å². The molecule has 2 rings (SSSR count). The molecule has 0 saturated heterocycles. The van der Waals surface area contributed by atoms with Gasteiger partial charge in [0.1, 0.15) is 6.10 Å². The van der Waals surface area contributed by atoms with Gasteiger partial charge in [-0.3, -0.25) is 4.68 Å². The van der Waals surface area contributed by atoms with Crippen molar-refractivity contribution >= 4 is 0 Å². The van der Waals surface area contributed by atoms with Gasteiger partial charge < -0.3 is 5.11 Å². The van der Waals surface area contributed by atoms with Crippen molar-refractivity contribution in [3.63, 3.8) is 0 Å². The molecule has 0 bridgehead atoms. The summed E-state index contributed by atoms with van der Waals surface area (Å²) in [5, 5.41) is 14.2. The molecule has 0 amide bonds. The van der Waals surface area contributed by atoms with E-state index in [-0.39, 0.29) is 5.56 Å². The number of aryl methyl sites for hydroxylation is 1. The highest BCUT2D eigenvalue weighted by molar-refractivity contribution is 5.36. The Labute approximate surface area is 114 Å². The number of hydrogen-bond donors (Lipinski definition) is 1. The monoisotopic (exact) mass is 284 g/mol. The lowest BCUT2D eigenvalue weighted by Gasteiger charge is -2.16. The van der Waals surface area contributed by atoms with Gasteiger partial charge in [-0.2, -0.15) is 18.3 Å². The van der Waals surface area contributed by atoms with Gasteiger partial charge in [0.2, 0.25) is 0 Å². The van der Waals surface area contributed by atoms with Crippen molar-refractivity contribution in [2.45, 2.75) is 32.2 Å². The molecule has 0 aliphatic heterocycles. The fourth-order valence-corrected chi connectivity index (χ4v) is 2.05. The van der Waals surface area contributed by atoms with Crippen LogP contribution in [0.25, 0.3) is 0 Å². The van der Waals surface area contributed by atoms with Gasteiger partial charge in [0, 0.05) is 18.3 Å². The van der Waals surface area contributed by atoms with Crippen LogP contribution in [0.3, 0.4) is 0 Å². The lowest BCUT2D eigenvalue weighted by molar-refractivity contribution is -0.139. The molecular weight excluding hydrogens is 269 g/mol. The first-order valence-electron chi connectivity index (χ1n) is 6.30. The second-order valence-corrected chi connectivity index (χ2v) is 4.52. The van der Waals surface area contributed by atoms with Crippen molar-refractivity contribution in [2.24, 2.45) is 0 Å². The Morgan fingerprint density at radius 3 is 2.65 bits per heavy atom. The Morgan fingerprint density at radius 1 is 1.30 bits per heavy atom. The Bertz CT molecular complexity index is 578. The predicted octanol–water partition coefficient (Wildman–Crippen LogP) is 3.39. The van der Waals surface area contributed by atoms with Crippen molar-refractivity contribution in [2.75, 3.05) is 0 Å². The largest absolute Gasteiger partial charge is 0.416 e. The first-order valence-corrected chi connectivity index (χ1v) is 6.30. The number of nitrogens with zero attached hydrogens (tertiary/aromatic N) is 2. The second-order valence-electron chi connectivity index (χ2n) is 4.52. The highest BCUT2D eigenvalue weighted by Gasteiger charge is 2.35. The molecule has 0 fully saturated rings. The molecule has 6 heteroatoms. The zero-order valence-corrected chi connectivity index (χ0v) is 10.9. The van der Waals surface area contributed by atoms with Gasteiger partial charge in [0.05, 0.1) is 11.8 Å². The summed E-state index contributed by atoms with van der Waals surface area (Å²) in [5.41, 5.74) is -0.623. The van der Waals surface area contributed by atoms with Crippen LogP contribution in [0.4, 0.5) is 13.2 Å². The van der Waals surface area contributed by atoms with E-state index in [0.717, 1.165) is 12.5 Å². The number of alkyl halides is 3. The molecule has 3 nitrogen and oxygen atoms in total. The van der Waals surface area contributed by atoms with E-state index in [1.807, 2.05) is 6.92 Å². The standard InChI is InChI=1S/C14H15F3N2O/c1-2-7-19-9-10(8-18-19)13(20)11-5-3-4-6-12(11)14(15,16)17/h3-6,8-9,13,20H,2,7H2,1H3. The van der Waals surface area contributed by atoms with Crippen molar-refractivity contribution in [1.29, 1.82) is 0 Å². The Hall–Kier alpha value is -1.82. The summed E-state index contributed by atoms with van der Waals surface area (Å²) in [5.74, 6) is 0. The Balaban J connectivity index is 2.35. The van der Waals surface area contributed by atoms with Crippen LogP contribution in [-0.4, -0.2) is 14.9 Å². The van der Waals surface area contributed by atoms with E-state index in [1.165, 1.54) is 24.4 Å². The summed E-state index contributed by atoms with van der Waals surface area (Å²) in [4.78, 5) is 0. The van der Waals surface area contributed by atoms with Crippen LogP contribution >= 0.6 is 0 Å². The maximum atomic E-state index is 12.9. The maximum absolute atomic E-state index is 12.9. The molecule has 0 aliphatic rings. The second kappa shape index (κ2) is 5.66. The molecule has 0 saturated carbocycles. The molecule has 1 heterocycles. The van der Waals surface area contributed by atoms with E-state index >= 15 is 0 Å². The SMILES string of the molecule is CCCn1cc(C(O)c2ccccc2C(F)(F)F)cn1. The lowest BCUT2D eigenvalue weighted by Crippen LogP contribution is -2.12. The zero-order valence-electron chi connectivity index (χ0n) is 10.9. The summed E-state index contributed by atoms with van der Waals surface area (Å²) in [6.45, 7) is 2.63. The van der Waals surface area contributed by atoms with E-state index in [0.29, 0.717) is 12.1 Å². The van der Waals surface area contributed by atoms with E-state index in [1.54, 1.807) is 10.9 Å². The van der Waals surface area contributed by atoms with Crippen LogP contribution in [0.15, 0.2) is 36.7 Å². The molecule has 1 unspecified atom stereocenters. The molecule has 2 aromatic rings. The minimum Gasteiger partial charge on any atom is -0.384 e. The molecule has 1 N–H and O–H groups in total. The van der Waals surface area contributed by atoms with Gasteiger partial charge in [-0.15, -0.1) is 0 Å². The number of aromatic nitrogens is 2. The molecule has 1 aromatic carbocycles. The highest BCUT2D eigenvalue weighted by Crippen LogP contribution is 2.36. The van der Waals surface area contributed by atoms with E-state index in [9.17, 15) is 18.3 Å². The molecule has 0 aliphatic carbocycles. The zero-order chi connectivity index (χ0) is 14.8. The summed E-state index contributed by atoms with van der Waals surface area (Å²) >= 11 is 0. The third-order valence-corrected chi connectivity index (χ3v) is 2.98. The van der Waals surface area contributed by atoms with Crippen LogP contribution in [0.5, 0.6) is 0 Å². The van der Waals surface area contributed by atoms with Crippen LogP contribution in [0.2, 0.25) is 0 Å². The minimum absolute atomic E-state index is 0.156. The quantitative estimate of drug-likeness (QED) is 0.934. The molecule has 1 aromatic heterocycles. The molecule has 108 valence electrons. The van der Waals surface area contributed by atoms with Crippen LogP contribution in [0.1, 0.15) is 36.1 Å². The topological polar surface area (TPSA) is 38.0 Å². The summed E-state index contributed by atoms with van der Waals surface area (Å²) < 4.78 is 40.4. The first kappa shape index (κ1) is 14.6. The van der Waals surface area contributed by atoms with Crippen molar-refractivity contribution < 1.29 is 18.3 Å². The number of aliphatic hydroxyl groups is 1. The van der Waals surface area contributed by atoms with Crippen molar-refractivity contribution in [1.82, 2.24) is 9.78 Å². The number of aliphatic hydroxyl groups excluding tert-OH is 1. The predicted molar refractivity (Wildman–Crippen MR) is 68.0 cm³/mol. The van der Waals surface area contributed by atoms with Crippen LogP contribution in [0, 0.1) is 0 Å². The summed E-state index contributed by atoms with van der Waals surface area (Å²) in [6.07, 6.45) is -2.00. The van der Waals surface area contributed by atoms with Crippen molar-refractivity contribution in [3.8, 4) is 0 Å². The Morgan fingerprint density at radius 2 is 2.00 bits per heavy atom. The smallest absolute Gasteiger partial charge is 0.384 e. The summed E-state index contributed by atoms with van der Waals surface area (Å²) in [6, 6.07) is 5.03. The molecule has 1 atom stereocenters. The van der Waals surface area contributed by atoms with Gasteiger partial charge >= 0.3 is 6.18 Å². The van der Waals surface area contributed by atoms with Crippen LogP contribution < -0.4 is 0 Å². The number of hydrogen-bond acceptors (Lipinski definition) is 2. The van der Waals surface area contributed by atoms with E-state index in [2.05, 4.69) is 5.10 Å². The first-order chi connectivity index (χ1) is 9.43. The fourth-order valence-electron chi connectivity index (χ4n) is 2.05. The number of benzene rings is 1. The minimum atomic E-state index is -4.49. The lowest BCUT2D eigenvalue weighted by atomic mass is 9.98. The van der Waals surface area contributed by atoms with Crippen molar-refractivity contribution in [3.05, 3.63) is 53.3 Å². The van der Waals surface area contributed by atoms with Gasteiger partial charge in [0.15, 0.2) is 0 Å². The number of rotatable bonds is 4. The van der Waals surface area contributed by atoms with Gasteiger partial charge in [0.25, 0.3) is 0 Å². The van der Waals surface area contributed by atoms with Gasteiger partial charge in [-0.1, -0.05) is 25.1 Å². The van der Waals surface area contributed by atoms with E-state index in [4.69, 9.17) is 0 Å².